The van der Waals surface area contributed by atoms with Crippen molar-refractivity contribution in [2.75, 3.05) is 13.2 Å². The van der Waals surface area contributed by atoms with Crippen LogP contribution in [0.2, 0.25) is 0 Å². The molecule has 0 aromatic carbocycles. The van der Waals surface area contributed by atoms with Crippen LogP contribution in [0.5, 0.6) is 0 Å². The predicted octanol–water partition coefficient (Wildman–Crippen LogP) is 3.14. The second-order valence-electron chi connectivity index (χ2n) is 10.8. The highest BCUT2D eigenvalue weighted by atomic mass is 31.2. The number of aliphatic hydroxyl groups is 6. The smallest absolute Gasteiger partial charge is 0.463 e. The summed E-state index contributed by atoms with van der Waals surface area (Å²) in [6.45, 7) is 0.921. The van der Waals surface area contributed by atoms with E-state index in [1.165, 1.54) is 25.7 Å². The molecule has 1 aliphatic carbocycles. The lowest BCUT2D eigenvalue weighted by atomic mass is 9.85. The summed E-state index contributed by atoms with van der Waals surface area (Å²) in [4.78, 5) is 21.7. The number of carbonyl (C=O) groups is 1. The largest absolute Gasteiger partial charge is 0.472 e. The Morgan fingerprint density at radius 2 is 1.18 bits per heavy atom. The first-order valence-corrected chi connectivity index (χ1v) is 17.0. The first kappa shape index (κ1) is 40.3. The van der Waals surface area contributed by atoms with Crippen molar-refractivity contribution in [2.24, 2.45) is 0 Å². The van der Waals surface area contributed by atoms with E-state index in [1.807, 2.05) is 0 Å². The average molecular weight is 649 g/mol. The zero-order valence-corrected chi connectivity index (χ0v) is 26.6. The molecular formula is C31H53O12P. The van der Waals surface area contributed by atoms with E-state index in [0.29, 0.717) is 6.42 Å². The molecule has 1 fully saturated rings. The highest BCUT2D eigenvalue weighted by Gasteiger charge is 2.51. The third-order valence-electron chi connectivity index (χ3n) is 6.90. The third-order valence-corrected chi connectivity index (χ3v) is 7.89. The van der Waals surface area contributed by atoms with E-state index in [0.717, 1.165) is 38.5 Å². The number of hydrogen-bond acceptors (Lipinski definition) is 11. The lowest BCUT2D eigenvalue weighted by molar-refractivity contribution is -0.220. The van der Waals surface area contributed by atoms with Gasteiger partial charge < -0.3 is 40.3 Å². The topological polar surface area (TPSA) is 203 Å². The van der Waals surface area contributed by atoms with Gasteiger partial charge in [0.2, 0.25) is 0 Å². The Bertz CT molecular complexity index is 921. The summed E-state index contributed by atoms with van der Waals surface area (Å²) in [6.07, 6.45) is 15.3. The minimum atomic E-state index is -5.00. The van der Waals surface area contributed by atoms with Gasteiger partial charge in [-0.25, -0.2) is 4.57 Å². The summed E-state index contributed by atoms with van der Waals surface area (Å²) in [7, 11) is -5.00. The van der Waals surface area contributed by atoms with Crippen LogP contribution in [-0.2, 0) is 23.1 Å². The van der Waals surface area contributed by atoms with E-state index in [4.69, 9.17) is 4.74 Å². The molecule has 1 rings (SSSR count). The average Bonchev–Trinajstić information content (AvgIpc) is 3.00. The predicted molar refractivity (Wildman–Crippen MR) is 165 cm³/mol. The number of aliphatic hydroxyl groups excluding tert-OH is 6. The van der Waals surface area contributed by atoms with Crippen LogP contribution < -0.4 is 0 Å². The molecule has 0 amide bonds. The van der Waals surface area contributed by atoms with Gasteiger partial charge >= 0.3 is 13.8 Å². The SMILES string of the molecule is CCCCC/C=C\C/C=C\C/C=C\C/C=C\CCCCCC(=O)OC[C@@H](O)COP(=O)(O)OC1C(O)C(O)C(O)[C@@H](O)C1O. The summed E-state index contributed by atoms with van der Waals surface area (Å²) in [6, 6.07) is 0. The normalized spacial score (nSPS) is 26.6. The molecule has 13 heteroatoms. The molecule has 0 aliphatic heterocycles. The van der Waals surface area contributed by atoms with E-state index in [-0.39, 0.29) is 6.42 Å². The van der Waals surface area contributed by atoms with Gasteiger partial charge in [-0.05, 0) is 51.4 Å². The minimum absolute atomic E-state index is 0.151. The monoisotopic (exact) mass is 648 g/mol. The lowest BCUT2D eigenvalue weighted by Crippen LogP contribution is -2.64. The molecule has 6 unspecified atom stereocenters. The molecule has 254 valence electrons. The Morgan fingerprint density at radius 1 is 0.705 bits per heavy atom. The molecule has 12 nitrogen and oxygen atoms in total. The number of phosphoric acid groups is 1. The van der Waals surface area contributed by atoms with Crippen LogP contribution in [0.3, 0.4) is 0 Å². The molecule has 0 heterocycles. The maximum atomic E-state index is 12.1. The number of carbonyl (C=O) groups excluding carboxylic acids is 1. The molecule has 0 spiro atoms. The number of hydrogen-bond donors (Lipinski definition) is 7. The van der Waals surface area contributed by atoms with Crippen molar-refractivity contribution in [3.05, 3.63) is 48.6 Å². The first-order valence-electron chi connectivity index (χ1n) is 15.5. The van der Waals surface area contributed by atoms with Gasteiger partial charge in [0, 0.05) is 6.42 Å². The fourth-order valence-corrected chi connectivity index (χ4v) is 5.24. The van der Waals surface area contributed by atoms with E-state index >= 15 is 0 Å². The quantitative estimate of drug-likeness (QED) is 0.0370. The van der Waals surface area contributed by atoms with Gasteiger partial charge in [-0.1, -0.05) is 74.8 Å². The van der Waals surface area contributed by atoms with Crippen LogP contribution in [-0.4, -0.2) is 97.4 Å². The molecule has 0 aromatic heterocycles. The van der Waals surface area contributed by atoms with Gasteiger partial charge in [-0.3, -0.25) is 13.8 Å². The van der Waals surface area contributed by atoms with E-state index in [1.54, 1.807) is 0 Å². The van der Waals surface area contributed by atoms with E-state index in [2.05, 4.69) is 64.6 Å². The number of phosphoric ester groups is 1. The van der Waals surface area contributed by atoms with Crippen molar-refractivity contribution in [1.82, 2.24) is 0 Å². The Hall–Kier alpha value is -1.70. The number of unbranched alkanes of at least 4 members (excludes halogenated alkanes) is 6. The van der Waals surface area contributed by atoms with E-state index < -0.39 is 69.7 Å². The number of esters is 1. The molecule has 8 atom stereocenters. The fourth-order valence-electron chi connectivity index (χ4n) is 4.26. The van der Waals surface area contributed by atoms with Gasteiger partial charge in [0.1, 0.15) is 49.3 Å². The van der Waals surface area contributed by atoms with Crippen LogP contribution in [0.4, 0.5) is 0 Å². The summed E-state index contributed by atoms with van der Waals surface area (Å²) in [5, 5.41) is 58.6. The van der Waals surface area contributed by atoms with Crippen LogP contribution in [0.25, 0.3) is 0 Å². The minimum Gasteiger partial charge on any atom is -0.463 e. The molecule has 0 radical (unpaired) electrons. The highest BCUT2D eigenvalue weighted by Crippen LogP contribution is 2.47. The van der Waals surface area contributed by atoms with Crippen LogP contribution >= 0.6 is 7.82 Å². The Morgan fingerprint density at radius 3 is 1.70 bits per heavy atom. The Labute approximate surface area is 261 Å². The van der Waals surface area contributed by atoms with Gasteiger partial charge in [0.25, 0.3) is 0 Å². The third kappa shape index (κ3) is 17.7. The molecule has 0 bridgehead atoms. The Kier molecular flexibility index (Phi) is 21.6. The highest BCUT2D eigenvalue weighted by molar-refractivity contribution is 7.47. The van der Waals surface area contributed by atoms with Crippen LogP contribution in [0.1, 0.15) is 84.0 Å². The fraction of sp³-hybridized carbons (Fsp3) is 0.710. The standard InChI is InChI=1S/C31H53O12P/c1-2-3-4-5-6-7-8-9-10-11-12-13-14-15-16-17-18-19-20-21-25(33)41-22-24(32)23-42-44(39,40)43-31-29(37)27(35)26(34)28(36)30(31)38/h6-7,9-10,12-13,15-16,24,26-32,34-38H,2-5,8,11,14,17-23H2,1H3,(H,39,40)/b7-6-,10-9-,13-12-,16-15-/t24-,26?,27-,28?,29?,30?,31?/m1/s1. The summed E-state index contributed by atoms with van der Waals surface area (Å²) < 4.78 is 26.3. The molecule has 44 heavy (non-hydrogen) atoms. The van der Waals surface area contributed by atoms with Crippen molar-refractivity contribution in [1.29, 1.82) is 0 Å². The van der Waals surface area contributed by atoms with Crippen molar-refractivity contribution in [3.8, 4) is 0 Å². The maximum absolute atomic E-state index is 12.1. The zero-order valence-electron chi connectivity index (χ0n) is 25.7. The first-order chi connectivity index (χ1) is 21.0. The van der Waals surface area contributed by atoms with Crippen LogP contribution in [0, 0.1) is 0 Å². The van der Waals surface area contributed by atoms with Crippen molar-refractivity contribution >= 4 is 13.8 Å². The molecular weight excluding hydrogens is 595 g/mol. The maximum Gasteiger partial charge on any atom is 0.472 e. The molecule has 1 aliphatic rings. The Balaban J connectivity index is 2.09. The number of rotatable bonds is 23. The van der Waals surface area contributed by atoms with Crippen molar-refractivity contribution in [3.63, 3.8) is 0 Å². The second-order valence-corrected chi connectivity index (χ2v) is 12.2. The summed E-state index contributed by atoms with van der Waals surface area (Å²) >= 11 is 0. The van der Waals surface area contributed by atoms with Crippen molar-refractivity contribution in [2.45, 2.75) is 127 Å². The van der Waals surface area contributed by atoms with Gasteiger partial charge in [0.15, 0.2) is 0 Å². The van der Waals surface area contributed by atoms with Crippen LogP contribution in [0.15, 0.2) is 48.6 Å². The second kappa shape index (κ2) is 23.6. The van der Waals surface area contributed by atoms with Crippen molar-refractivity contribution < 1.29 is 58.7 Å². The van der Waals surface area contributed by atoms with E-state index in [9.17, 15) is 44.9 Å². The molecule has 0 aromatic rings. The summed E-state index contributed by atoms with van der Waals surface area (Å²) in [5.41, 5.74) is 0. The number of allylic oxidation sites excluding steroid dienone is 8. The zero-order chi connectivity index (χ0) is 32.8. The summed E-state index contributed by atoms with van der Waals surface area (Å²) in [5.74, 6) is -0.541. The van der Waals surface area contributed by atoms with Gasteiger partial charge in [-0.2, -0.15) is 0 Å². The molecule has 1 saturated carbocycles. The van der Waals surface area contributed by atoms with Gasteiger partial charge in [0.05, 0.1) is 6.61 Å². The molecule has 0 saturated heterocycles. The lowest BCUT2D eigenvalue weighted by Gasteiger charge is -2.41. The molecule has 7 N–H and O–H groups in total. The van der Waals surface area contributed by atoms with Gasteiger partial charge in [-0.15, -0.1) is 0 Å². The number of ether oxygens (including phenoxy) is 1.